The molecule has 1 rings (SSSR count). The first kappa shape index (κ1) is 22.6. The average Bonchev–Trinajstić information content (AvgIpc) is 2.91. The van der Waals surface area contributed by atoms with E-state index >= 15 is 0 Å². The Bertz CT molecular complexity index is 495. The molecule has 0 aliphatic heterocycles. The molecule has 0 aromatic carbocycles. The Balaban J connectivity index is 0.00000484. The molecule has 0 saturated carbocycles. The van der Waals surface area contributed by atoms with Gasteiger partial charge in [0.1, 0.15) is 0 Å². The number of aliphatic imine (C=N–C) groups is 1. The summed E-state index contributed by atoms with van der Waals surface area (Å²) >= 11 is 1.73. The van der Waals surface area contributed by atoms with Crippen molar-refractivity contribution in [3.63, 3.8) is 0 Å². The predicted molar refractivity (Wildman–Crippen MR) is 110 cm³/mol. The lowest BCUT2D eigenvalue weighted by Crippen LogP contribution is -2.45. The van der Waals surface area contributed by atoms with E-state index in [4.69, 9.17) is 9.72 Å². The number of halogens is 1. The minimum atomic E-state index is -0.214. The number of rotatable bonds is 6. The molecule has 0 atom stereocenters. The van der Waals surface area contributed by atoms with E-state index in [1.54, 1.807) is 25.5 Å². The molecule has 1 aromatic heterocycles. The summed E-state index contributed by atoms with van der Waals surface area (Å²) in [6.45, 7) is 12.2. The van der Waals surface area contributed by atoms with Crippen molar-refractivity contribution >= 4 is 41.3 Å². The molecular weight excluding hydrogens is 423 g/mol. The van der Waals surface area contributed by atoms with E-state index in [1.807, 2.05) is 13.8 Å². The Hall–Kier alpha value is -0.410. The highest BCUT2D eigenvalue weighted by atomic mass is 127. The lowest BCUT2D eigenvalue weighted by atomic mass is 9.93. The van der Waals surface area contributed by atoms with Gasteiger partial charge in [0.05, 0.1) is 16.3 Å². The normalized spacial score (nSPS) is 12.7. The van der Waals surface area contributed by atoms with Crippen molar-refractivity contribution in [2.45, 2.75) is 52.1 Å². The zero-order valence-corrected chi connectivity index (χ0v) is 18.5. The smallest absolute Gasteiger partial charge is 0.191 e. The van der Waals surface area contributed by atoms with Gasteiger partial charge in [0.25, 0.3) is 0 Å². The summed E-state index contributed by atoms with van der Waals surface area (Å²) in [5.41, 5.74) is 1.07. The van der Waals surface area contributed by atoms with Gasteiger partial charge in [-0.2, -0.15) is 0 Å². The molecule has 1 aromatic rings. The van der Waals surface area contributed by atoms with Crippen LogP contribution in [0.15, 0.2) is 10.4 Å². The molecule has 7 heteroatoms. The van der Waals surface area contributed by atoms with Crippen molar-refractivity contribution in [2.75, 3.05) is 27.2 Å². The summed E-state index contributed by atoms with van der Waals surface area (Å²) in [7, 11) is 3.49. The van der Waals surface area contributed by atoms with Gasteiger partial charge in [-0.25, -0.2) is 4.98 Å². The Morgan fingerprint density at radius 3 is 2.39 bits per heavy atom. The highest BCUT2D eigenvalue weighted by Gasteiger charge is 2.18. The SMILES string of the molecule is CN=C(NCCc1nc(C(C)(C)C)cs1)NCC(C)(C)OC.I. The van der Waals surface area contributed by atoms with Gasteiger partial charge in [-0.15, -0.1) is 35.3 Å². The van der Waals surface area contributed by atoms with Crippen LogP contribution in [0, 0.1) is 0 Å². The third-order valence-electron chi connectivity index (χ3n) is 3.41. The molecule has 0 amide bonds. The Morgan fingerprint density at radius 2 is 1.91 bits per heavy atom. The highest BCUT2D eigenvalue weighted by molar-refractivity contribution is 14.0. The van der Waals surface area contributed by atoms with Crippen molar-refractivity contribution < 1.29 is 4.74 Å². The first-order valence-corrected chi connectivity index (χ1v) is 8.50. The summed E-state index contributed by atoms with van der Waals surface area (Å²) in [5.74, 6) is 0.790. The second kappa shape index (κ2) is 9.78. The molecule has 5 nitrogen and oxygen atoms in total. The summed E-state index contributed by atoms with van der Waals surface area (Å²) in [6, 6.07) is 0. The number of aromatic nitrogens is 1. The van der Waals surface area contributed by atoms with Gasteiger partial charge < -0.3 is 15.4 Å². The standard InChI is InChI=1S/C16H30N4OS.HI/c1-15(2,3)12-10-22-13(20-12)8-9-18-14(17-6)19-11-16(4,5)21-7;/h10H,8-9,11H2,1-7H3,(H2,17,18,19);1H. The quantitative estimate of drug-likeness (QED) is 0.394. The number of methoxy groups -OCH3 is 1. The van der Waals surface area contributed by atoms with E-state index in [1.165, 1.54) is 0 Å². The molecule has 0 saturated heterocycles. The van der Waals surface area contributed by atoms with Gasteiger partial charge in [-0.1, -0.05) is 20.8 Å². The molecular formula is C16H31IN4OS. The van der Waals surface area contributed by atoms with Crippen LogP contribution in [0.1, 0.15) is 45.3 Å². The largest absolute Gasteiger partial charge is 0.377 e. The second-order valence-corrected chi connectivity index (χ2v) is 7.89. The van der Waals surface area contributed by atoms with E-state index in [2.05, 4.69) is 41.8 Å². The van der Waals surface area contributed by atoms with Crippen molar-refractivity contribution in [2.24, 2.45) is 4.99 Å². The Labute approximate surface area is 161 Å². The Morgan fingerprint density at radius 1 is 1.26 bits per heavy atom. The van der Waals surface area contributed by atoms with Crippen molar-refractivity contribution in [3.8, 4) is 0 Å². The monoisotopic (exact) mass is 454 g/mol. The summed E-state index contributed by atoms with van der Waals surface area (Å²) in [5, 5.41) is 9.90. The van der Waals surface area contributed by atoms with E-state index in [0.717, 1.165) is 29.6 Å². The van der Waals surface area contributed by atoms with Crippen LogP contribution in [0.2, 0.25) is 0 Å². The number of thiazole rings is 1. The molecule has 0 radical (unpaired) electrons. The average molecular weight is 454 g/mol. The zero-order chi connectivity index (χ0) is 16.8. The number of nitrogens with zero attached hydrogens (tertiary/aromatic N) is 2. The molecule has 0 fully saturated rings. The molecule has 0 spiro atoms. The maximum atomic E-state index is 5.39. The van der Waals surface area contributed by atoms with Gasteiger partial charge in [-0.3, -0.25) is 4.99 Å². The van der Waals surface area contributed by atoms with Crippen LogP contribution in [-0.4, -0.2) is 43.8 Å². The number of guanidine groups is 1. The van der Waals surface area contributed by atoms with Gasteiger partial charge in [0.2, 0.25) is 0 Å². The number of ether oxygens (including phenoxy) is 1. The molecule has 0 unspecified atom stereocenters. The molecule has 1 heterocycles. The topological polar surface area (TPSA) is 58.5 Å². The van der Waals surface area contributed by atoms with Gasteiger partial charge >= 0.3 is 0 Å². The van der Waals surface area contributed by atoms with E-state index < -0.39 is 0 Å². The molecule has 2 N–H and O–H groups in total. The lowest BCUT2D eigenvalue weighted by molar-refractivity contribution is 0.0268. The minimum Gasteiger partial charge on any atom is -0.377 e. The molecule has 0 aliphatic carbocycles. The third kappa shape index (κ3) is 8.30. The molecule has 0 aliphatic rings. The summed E-state index contributed by atoms with van der Waals surface area (Å²) < 4.78 is 5.39. The minimum absolute atomic E-state index is 0. The lowest BCUT2D eigenvalue weighted by Gasteiger charge is -2.24. The van der Waals surface area contributed by atoms with Crippen LogP contribution in [0.5, 0.6) is 0 Å². The molecule has 23 heavy (non-hydrogen) atoms. The molecule has 0 bridgehead atoms. The van der Waals surface area contributed by atoms with E-state index in [9.17, 15) is 0 Å². The zero-order valence-electron chi connectivity index (χ0n) is 15.3. The number of hydrogen-bond acceptors (Lipinski definition) is 4. The van der Waals surface area contributed by atoms with Crippen LogP contribution in [0.25, 0.3) is 0 Å². The number of nitrogens with one attached hydrogen (secondary N) is 2. The Kier molecular flexibility index (Phi) is 9.61. The van der Waals surface area contributed by atoms with Gasteiger partial charge in [0.15, 0.2) is 5.96 Å². The van der Waals surface area contributed by atoms with Crippen molar-refractivity contribution in [1.29, 1.82) is 0 Å². The van der Waals surface area contributed by atoms with Gasteiger partial charge in [0, 0.05) is 44.5 Å². The highest BCUT2D eigenvalue weighted by Crippen LogP contribution is 2.23. The fraction of sp³-hybridized carbons (Fsp3) is 0.750. The second-order valence-electron chi connectivity index (χ2n) is 6.94. The van der Waals surface area contributed by atoms with Crippen LogP contribution in [-0.2, 0) is 16.6 Å². The van der Waals surface area contributed by atoms with Crippen LogP contribution < -0.4 is 10.6 Å². The maximum absolute atomic E-state index is 5.39. The van der Waals surface area contributed by atoms with E-state index in [-0.39, 0.29) is 35.0 Å². The van der Waals surface area contributed by atoms with Crippen LogP contribution in [0.4, 0.5) is 0 Å². The summed E-state index contributed by atoms with van der Waals surface area (Å²) in [6.07, 6.45) is 0.898. The third-order valence-corrected chi connectivity index (χ3v) is 4.32. The van der Waals surface area contributed by atoms with E-state index in [0.29, 0.717) is 6.54 Å². The first-order valence-electron chi connectivity index (χ1n) is 7.62. The molecule has 134 valence electrons. The van der Waals surface area contributed by atoms with Crippen molar-refractivity contribution in [3.05, 3.63) is 16.1 Å². The van der Waals surface area contributed by atoms with Gasteiger partial charge in [-0.05, 0) is 13.8 Å². The van der Waals surface area contributed by atoms with Crippen molar-refractivity contribution in [1.82, 2.24) is 15.6 Å². The summed E-state index contributed by atoms with van der Waals surface area (Å²) in [4.78, 5) is 8.92. The first-order chi connectivity index (χ1) is 10.2. The fourth-order valence-electron chi connectivity index (χ4n) is 1.65. The maximum Gasteiger partial charge on any atom is 0.191 e. The van der Waals surface area contributed by atoms with Crippen LogP contribution >= 0.6 is 35.3 Å². The fourth-order valence-corrected chi connectivity index (χ4v) is 2.67. The van der Waals surface area contributed by atoms with Crippen LogP contribution in [0.3, 0.4) is 0 Å². The number of hydrogen-bond donors (Lipinski definition) is 2. The predicted octanol–water partition coefficient (Wildman–Crippen LogP) is 3.19.